The van der Waals surface area contributed by atoms with Gasteiger partial charge in [0.25, 0.3) is 0 Å². The molecule has 0 radical (unpaired) electrons. The van der Waals surface area contributed by atoms with Gasteiger partial charge in [0.1, 0.15) is 7.05 Å². The topological polar surface area (TPSA) is 3.88 Å². The zero-order valence-electron chi connectivity index (χ0n) is 23.1. The SMILES string of the molecule is [2H]C([2H])([2H])c1c[n+](C)c(-c2cc(-c3ccccc3C([2H])([2H])[2H])c(C([2H])([2H])[2H])cc2C)cc1C. The van der Waals surface area contributed by atoms with E-state index in [0.717, 1.165) is 0 Å². The lowest BCUT2D eigenvalue weighted by atomic mass is 9.91. The molecule has 0 spiro atoms. The average Bonchev–Trinajstić information content (AvgIpc) is 2.67. The Balaban J connectivity index is 2.37. The summed E-state index contributed by atoms with van der Waals surface area (Å²) in [5.41, 5.74) is 3.70. The summed E-state index contributed by atoms with van der Waals surface area (Å²) < 4.78 is 72.9. The molecule has 2 aromatic carbocycles. The average molecular weight is 326 g/mol. The van der Waals surface area contributed by atoms with E-state index >= 15 is 0 Å². The van der Waals surface area contributed by atoms with Gasteiger partial charge in [0, 0.05) is 29.5 Å². The predicted molar refractivity (Wildman–Crippen MR) is 102 cm³/mol. The zero-order valence-corrected chi connectivity index (χ0v) is 14.1. The molecule has 0 fully saturated rings. The van der Waals surface area contributed by atoms with Gasteiger partial charge in [0.05, 0.1) is 0 Å². The maximum atomic E-state index is 8.06. The van der Waals surface area contributed by atoms with E-state index in [9.17, 15) is 0 Å². The molecule has 0 aliphatic heterocycles. The first-order chi connectivity index (χ1) is 15.0. The smallest absolute Gasteiger partial charge is 0.201 e. The van der Waals surface area contributed by atoms with Crippen LogP contribution in [0.2, 0.25) is 0 Å². The van der Waals surface area contributed by atoms with Crippen LogP contribution in [0, 0.1) is 34.4 Å². The maximum absolute atomic E-state index is 8.06. The number of hydrogen-bond donors (Lipinski definition) is 0. The first-order valence-corrected chi connectivity index (χ1v) is 7.78. The predicted octanol–water partition coefficient (Wildman–Crippen LogP) is 5.39. The Kier molecular flexibility index (Phi) is 2.24. The van der Waals surface area contributed by atoms with E-state index in [1.807, 2.05) is 0 Å². The quantitative estimate of drug-likeness (QED) is 0.556. The number of pyridine rings is 1. The highest BCUT2D eigenvalue weighted by molar-refractivity contribution is 5.77. The van der Waals surface area contributed by atoms with Gasteiger partial charge in [-0.15, -0.1) is 0 Å². The highest BCUT2D eigenvalue weighted by Gasteiger charge is 2.17. The Hall–Kier alpha value is -2.41. The summed E-state index contributed by atoms with van der Waals surface area (Å²) in [6.07, 6.45) is 1.56. The monoisotopic (exact) mass is 325 g/mol. The van der Waals surface area contributed by atoms with Crippen LogP contribution in [-0.4, -0.2) is 0 Å². The molecule has 0 N–H and O–H groups in total. The minimum atomic E-state index is -2.45. The van der Waals surface area contributed by atoms with E-state index in [1.54, 1.807) is 68.1 Å². The molecule has 0 atom stereocenters. The number of aromatic nitrogens is 1. The third kappa shape index (κ3) is 2.87. The van der Waals surface area contributed by atoms with Crippen LogP contribution in [0.4, 0.5) is 0 Å². The molecule has 0 amide bonds. The van der Waals surface area contributed by atoms with Crippen molar-refractivity contribution in [3.8, 4) is 22.4 Å². The van der Waals surface area contributed by atoms with Gasteiger partial charge < -0.3 is 0 Å². The Morgan fingerprint density at radius 3 is 2.21 bits per heavy atom. The van der Waals surface area contributed by atoms with Crippen LogP contribution in [0.3, 0.4) is 0 Å². The summed E-state index contributed by atoms with van der Waals surface area (Å²) in [4.78, 5) is 0. The highest BCUT2D eigenvalue weighted by atomic mass is 14.9. The molecule has 0 aliphatic carbocycles. The first-order valence-electron chi connectivity index (χ1n) is 12.3. The molecule has 0 saturated carbocycles. The third-order valence-electron chi connectivity index (χ3n) is 4.34. The molecule has 0 aliphatic rings. The molecule has 1 nitrogen and oxygen atoms in total. The van der Waals surface area contributed by atoms with Crippen LogP contribution >= 0.6 is 0 Å². The van der Waals surface area contributed by atoms with Gasteiger partial charge in [-0.25, -0.2) is 4.57 Å². The zero-order chi connectivity index (χ0) is 24.9. The first kappa shape index (κ1) is 8.62. The summed E-state index contributed by atoms with van der Waals surface area (Å²) >= 11 is 0. The summed E-state index contributed by atoms with van der Waals surface area (Å²) in [7, 11) is 1.73. The molecule has 3 aromatic rings. The molecular weight excluding hydrogens is 290 g/mol. The van der Waals surface area contributed by atoms with E-state index in [1.165, 1.54) is 6.07 Å². The van der Waals surface area contributed by atoms with E-state index in [2.05, 4.69) is 0 Å². The van der Waals surface area contributed by atoms with Crippen molar-refractivity contribution in [2.75, 3.05) is 0 Å². The maximum Gasteiger partial charge on any atom is 0.212 e. The van der Waals surface area contributed by atoms with Gasteiger partial charge in [-0.2, -0.15) is 0 Å². The van der Waals surface area contributed by atoms with Crippen LogP contribution in [0.1, 0.15) is 40.2 Å². The molecule has 3 rings (SSSR count). The Morgan fingerprint density at radius 2 is 1.46 bits per heavy atom. The molecule has 122 valence electrons. The summed E-state index contributed by atoms with van der Waals surface area (Å²) in [6, 6.07) is 11.4. The molecule has 0 unspecified atom stereocenters. The number of hydrogen-bond acceptors (Lipinski definition) is 0. The second kappa shape index (κ2) is 6.24. The van der Waals surface area contributed by atoms with Crippen molar-refractivity contribution >= 4 is 0 Å². The highest BCUT2D eigenvalue weighted by Crippen LogP contribution is 2.33. The lowest BCUT2D eigenvalue weighted by Gasteiger charge is -2.14. The Bertz CT molecular complexity index is 1200. The van der Waals surface area contributed by atoms with Crippen LogP contribution in [0.5, 0.6) is 0 Å². The lowest BCUT2D eigenvalue weighted by Crippen LogP contribution is -2.31. The van der Waals surface area contributed by atoms with E-state index in [4.69, 9.17) is 12.3 Å². The van der Waals surface area contributed by atoms with Crippen molar-refractivity contribution < 1.29 is 16.9 Å². The van der Waals surface area contributed by atoms with Crippen molar-refractivity contribution in [3.05, 3.63) is 76.5 Å². The molecule has 0 saturated heterocycles. The van der Waals surface area contributed by atoms with Gasteiger partial charge >= 0.3 is 0 Å². The molecule has 0 bridgehead atoms. The van der Waals surface area contributed by atoms with Crippen molar-refractivity contribution in [2.24, 2.45) is 7.05 Å². The molecular formula is C23H26N+. The number of benzene rings is 2. The van der Waals surface area contributed by atoms with Crippen LogP contribution in [-0.2, 0) is 7.05 Å². The van der Waals surface area contributed by atoms with E-state index in [0.29, 0.717) is 33.5 Å². The van der Waals surface area contributed by atoms with Crippen molar-refractivity contribution in [2.45, 2.75) is 34.4 Å². The third-order valence-corrected chi connectivity index (χ3v) is 4.34. The van der Waals surface area contributed by atoms with Crippen LogP contribution in [0.25, 0.3) is 22.4 Å². The lowest BCUT2D eigenvalue weighted by molar-refractivity contribution is -0.660. The fourth-order valence-electron chi connectivity index (χ4n) is 2.94. The standard InChI is InChI=1S/C23H26N/c1-15-9-7-8-10-20(15)21-13-22(18(4)11-17(21)3)23-12-16(2)19(5)14-24(23)6/h7-14H,1-6H3/q+1/i1D3,3D3,5D3. The normalized spacial score (nSPS) is 18.0. The second-order valence-electron chi connectivity index (χ2n) is 6.12. The number of rotatable bonds is 2. The van der Waals surface area contributed by atoms with Gasteiger partial charge in [0.2, 0.25) is 5.69 Å². The van der Waals surface area contributed by atoms with Crippen molar-refractivity contribution in [3.63, 3.8) is 0 Å². The summed E-state index contributed by atoms with van der Waals surface area (Å²) in [5.74, 6) is 0. The van der Waals surface area contributed by atoms with Crippen molar-refractivity contribution in [1.82, 2.24) is 0 Å². The van der Waals surface area contributed by atoms with E-state index < -0.39 is 20.6 Å². The van der Waals surface area contributed by atoms with Crippen LogP contribution < -0.4 is 4.57 Å². The molecule has 1 heterocycles. The minimum Gasteiger partial charge on any atom is -0.201 e. The van der Waals surface area contributed by atoms with Gasteiger partial charge in [-0.3, -0.25) is 0 Å². The number of aryl methyl sites for hydroxylation is 6. The van der Waals surface area contributed by atoms with Crippen LogP contribution in [0.15, 0.2) is 48.7 Å². The largest absolute Gasteiger partial charge is 0.212 e. The number of nitrogens with zero attached hydrogens (tertiary/aromatic N) is 1. The fourth-order valence-corrected chi connectivity index (χ4v) is 2.94. The van der Waals surface area contributed by atoms with Gasteiger partial charge in [0.15, 0.2) is 6.20 Å². The van der Waals surface area contributed by atoms with Gasteiger partial charge in [-0.05, 0) is 73.9 Å². The Morgan fingerprint density at radius 1 is 0.708 bits per heavy atom. The van der Waals surface area contributed by atoms with E-state index in [-0.39, 0.29) is 16.7 Å². The minimum absolute atomic E-state index is 0.0685. The molecule has 1 heteroatoms. The Labute approximate surface area is 158 Å². The summed E-state index contributed by atoms with van der Waals surface area (Å²) in [5, 5.41) is 0. The summed E-state index contributed by atoms with van der Waals surface area (Å²) in [6.45, 7) is -3.62. The molecule has 1 aromatic heterocycles. The fraction of sp³-hybridized carbons (Fsp3) is 0.261. The molecule has 24 heavy (non-hydrogen) atoms. The van der Waals surface area contributed by atoms with Gasteiger partial charge in [-0.1, -0.05) is 30.3 Å². The van der Waals surface area contributed by atoms with Crippen molar-refractivity contribution in [1.29, 1.82) is 0 Å². The second-order valence-corrected chi connectivity index (χ2v) is 6.12.